The highest BCUT2D eigenvalue weighted by molar-refractivity contribution is 6.10. The number of hydrogen-bond donors (Lipinski definition) is 2. The van der Waals surface area contributed by atoms with Crippen molar-refractivity contribution in [1.29, 1.82) is 0 Å². The van der Waals surface area contributed by atoms with Crippen LogP contribution in [0.15, 0.2) is 42.7 Å². The SMILES string of the molecule is Cn1cnnc1[C@@H](c1cccc(N2Cc3c(cc(CNC4(C)CCC4)cc3C(F)(F)F)C2=O)c1)C1CC(N)C1. The van der Waals surface area contributed by atoms with Crippen molar-refractivity contribution >= 4 is 11.6 Å². The summed E-state index contributed by atoms with van der Waals surface area (Å²) in [6.07, 6.45) is 1.89. The summed E-state index contributed by atoms with van der Waals surface area (Å²) in [7, 11) is 1.89. The van der Waals surface area contributed by atoms with Crippen LogP contribution in [0.25, 0.3) is 0 Å². The minimum atomic E-state index is -4.56. The Hall–Kier alpha value is -3.24. The molecule has 2 saturated carbocycles. The molecular weight excluding hydrogens is 505 g/mol. The topological polar surface area (TPSA) is 89.1 Å². The number of benzene rings is 2. The summed E-state index contributed by atoms with van der Waals surface area (Å²) >= 11 is 0. The number of aromatic nitrogens is 3. The highest BCUT2D eigenvalue weighted by atomic mass is 19.4. The Morgan fingerprint density at radius 1 is 1.21 bits per heavy atom. The Kier molecular flexibility index (Phi) is 6.30. The van der Waals surface area contributed by atoms with Gasteiger partial charge in [0, 0.05) is 42.3 Å². The average Bonchev–Trinajstić information content (AvgIpc) is 3.43. The molecule has 2 heterocycles. The van der Waals surface area contributed by atoms with Crippen molar-refractivity contribution in [2.45, 2.75) is 75.8 Å². The number of anilines is 1. The van der Waals surface area contributed by atoms with E-state index in [0.717, 1.165) is 43.5 Å². The number of rotatable bonds is 7. The minimum absolute atomic E-state index is 0.0336. The van der Waals surface area contributed by atoms with E-state index in [1.54, 1.807) is 18.5 Å². The van der Waals surface area contributed by atoms with Gasteiger partial charge < -0.3 is 20.5 Å². The molecular formula is C29H33F3N6O. The fourth-order valence-corrected chi connectivity index (χ4v) is 6.30. The first-order valence-corrected chi connectivity index (χ1v) is 13.5. The Labute approximate surface area is 225 Å². The average molecular weight is 539 g/mol. The van der Waals surface area contributed by atoms with Crippen molar-refractivity contribution in [3.63, 3.8) is 0 Å². The number of halogens is 3. The normalized spacial score (nSPS) is 22.8. The van der Waals surface area contributed by atoms with Gasteiger partial charge in [-0.05, 0) is 85.9 Å². The molecule has 1 atom stereocenters. The number of nitrogens with one attached hydrogen (secondary N) is 1. The van der Waals surface area contributed by atoms with Crippen LogP contribution in [0.5, 0.6) is 0 Å². The molecule has 0 saturated heterocycles. The Bertz CT molecular complexity index is 1410. The predicted molar refractivity (Wildman–Crippen MR) is 141 cm³/mol. The molecule has 0 spiro atoms. The zero-order chi connectivity index (χ0) is 27.5. The van der Waals surface area contributed by atoms with E-state index < -0.39 is 17.6 Å². The van der Waals surface area contributed by atoms with Crippen LogP contribution in [0, 0.1) is 5.92 Å². The number of aryl methyl sites for hydroxylation is 1. The molecule has 2 aliphatic carbocycles. The van der Waals surface area contributed by atoms with Gasteiger partial charge in [-0.15, -0.1) is 10.2 Å². The molecule has 7 nitrogen and oxygen atoms in total. The van der Waals surface area contributed by atoms with E-state index in [2.05, 4.69) is 22.4 Å². The Balaban J connectivity index is 1.33. The van der Waals surface area contributed by atoms with Gasteiger partial charge in [0.05, 0.1) is 12.1 Å². The largest absolute Gasteiger partial charge is 0.416 e. The second kappa shape index (κ2) is 9.45. The number of carbonyl (C=O) groups is 1. The highest BCUT2D eigenvalue weighted by Gasteiger charge is 2.42. The molecule has 6 rings (SSSR count). The van der Waals surface area contributed by atoms with Gasteiger partial charge in [0.2, 0.25) is 0 Å². The van der Waals surface area contributed by atoms with Crippen LogP contribution >= 0.6 is 0 Å². The van der Waals surface area contributed by atoms with Crippen LogP contribution in [-0.2, 0) is 26.3 Å². The summed E-state index contributed by atoms with van der Waals surface area (Å²) in [6.45, 7) is 2.25. The lowest BCUT2D eigenvalue weighted by Gasteiger charge is -2.39. The number of nitrogens with two attached hydrogens (primary N) is 1. The quantitative estimate of drug-likeness (QED) is 0.447. The molecule has 0 bridgehead atoms. The van der Waals surface area contributed by atoms with Gasteiger partial charge in [-0.3, -0.25) is 4.79 Å². The van der Waals surface area contributed by atoms with Crippen molar-refractivity contribution in [3.8, 4) is 0 Å². The molecule has 3 aromatic rings. The molecule has 39 heavy (non-hydrogen) atoms. The highest BCUT2D eigenvalue weighted by Crippen LogP contribution is 2.44. The van der Waals surface area contributed by atoms with E-state index in [1.165, 1.54) is 11.0 Å². The van der Waals surface area contributed by atoms with Gasteiger partial charge in [-0.25, -0.2) is 0 Å². The van der Waals surface area contributed by atoms with Gasteiger partial charge in [0.15, 0.2) is 0 Å². The third kappa shape index (κ3) is 4.74. The molecule has 3 N–H and O–H groups in total. The lowest BCUT2D eigenvalue weighted by Crippen LogP contribution is -2.47. The molecule has 0 unspecified atom stereocenters. The summed E-state index contributed by atoms with van der Waals surface area (Å²) in [5.74, 6) is 0.588. The number of nitrogens with zero attached hydrogens (tertiary/aromatic N) is 4. The maximum atomic E-state index is 14.2. The van der Waals surface area contributed by atoms with Crippen LogP contribution < -0.4 is 16.0 Å². The summed E-state index contributed by atoms with van der Waals surface area (Å²) in [6, 6.07) is 10.5. The van der Waals surface area contributed by atoms with Crippen LogP contribution in [0.3, 0.4) is 0 Å². The van der Waals surface area contributed by atoms with Gasteiger partial charge in [-0.2, -0.15) is 13.2 Å². The molecule has 0 radical (unpaired) electrons. The van der Waals surface area contributed by atoms with E-state index in [4.69, 9.17) is 5.73 Å². The van der Waals surface area contributed by atoms with E-state index >= 15 is 0 Å². The van der Waals surface area contributed by atoms with Crippen molar-refractivity contribution in [2.24, 2.45) is 18.7 Å². The van der Waals surface area contributed by atoms with Crippen LogP contribution in [0.4, 0.5) is 18.9 Å². The fraction of sp³-hybridized carbons (Fsp3) is 0.483. The zero-order valence-corrected chi connectivity index (χ0v) is 22.1. The van der Waals surface area contributed by atoms with E-state index in [9.17, 15) is 18.0 Å². The summed E-state index contributed by atoms with van der Waals surface area (Å²) in [4.78, 5) is 15.1. The number of alkyl halides is 3. The van der Waals surface area contributed by atoms with Crippen LogP contribution in [0.1, 0.15) is 83.4 Å². The maximum Gasteiger partial charge on any atom is 0.416 e. The van der Waals surface area contributed by atoms with Gasteiger partial charge in [-0.1, -0.05) is 12.1 Å². The Morgan fingerprint density at radius 3 is 2.59 bits per heavy atom. The first-order valence-electron chi connectivity index (χ1n) is 13.5. The van der Waals surface area contributed by atoms with Crippen LogP contribution in [-0.4, -0.2) is 32.3 Å². The number of carbonyl (C=O) groups excluding carboxylic acids is 1. The first-order chi connectivity index (χ1) is 18.5. The fourth-order valence-electron chi connectivity index (χ4n) is 6.30. The molecule has 1 amide bonds. The predicted octanol–water partition coefficient (Wildman–Crippen LogP) is 4.90. The Morgan fingerprint density at radius 2 is 1.97 bits per heavy atom. The third-order valence-electron chi connectivity index (χ3n) is 8.83. The smallest absolute Gasteiger partial charge is 0.328 e. The lowest BCUT2D eigenvalue weighted by atomic mass is 9.70. The number of hydrogen-bond acceptors (Lipinski definition) is 5. The molecule has 2 fully saturated rings. The first kappa shape index (κ1) is 26.0. The second-order valence-electron chi connectivity index (χ2n) is 11.7. The van der Waals surface area contributed by atoms with Gasteiger partial charge in [0.25, 0.3) is 5.91 Å². The van der Waals surface area contributed by atoms with Gasteiger partial charge >= 0.3 is 6.18 Å². The molecule has 1 aromatic heterocycles. The number of amides is 1. The minimum Gasteiger partial charge on any atom is -0.328 e. The van der Waals surface area contributed by atoms with Crippen molar-refractivity contribution in [1.82, 2.24) is 20.1 Å². The van der Waals surface area contributed by atoms with Crippen molar-refractivity contribution in [2.75, 3.05) is 4.90 Å². The van der Waals surface area contributed by atoms with Crippen molar-refractivity contribution < 1.29 is 18.0 Å². The van der Waals surface area contributed by atoms with E-state index in [1.807, 2.05) is 29.8 Å². The third-order valence-corrected chi connectivity index (χ3v) is 8.83. The van der Waals surface area contributed by atoms with Crippen molar-refractivity contribution in [3.05, 3.63) is 76.4 Å². The standard InChI is InChI=1S/C29H33F3N6O/c1-28(7-4-8-28)34-14-17-9-22-23(24(10-17)29(30,31)32)15-38(27(22)39)21-6-3-5-18(13-21)25(19-11-20(33)12-19)26-36-35-16-37(26)2/h3,5-6,9-10,13,16,19-20,25,34H,4,7-8,11-12,14-15,33H2,1-2H3/t19?,20?,25-/m0/s1. The van der Waals surface area contributed by atoms with E-state index in [0.29, 0.717) is 17.8 Å². The van der Waals surface area contributed by atoms with Crippen LogP contribution in [0.2, 0.25) is 0 Å². The van der Waals surface area contributed by atoms with Gasteiger partial charge in [0.1, 0.15) is 12.2 Å². The monoisotopic (exact) mass is 538 g/mol. The summed E-state index contributed by atoms with van der Waals surface area (Å²) in [5.41, 5.74) is 7.45. The number of fused-ring (bicyclic) bond motifs is 1. The molecule has 1 aliphatic heterocycles. The maximum absolute atomic E-state index is 14.2. The lowest BCUT2D eigenvalue weighted by molar-refractivity contribution is -0.138. The summed E-state index contributed by atoms with van der Waals surface area (Å²) < 4.78 is 44.4. The summed E-state index contributed by atoms with van der Waals surface area (Å²) in [5, 5.41) is 11.8. The molecule has 206 valence electrons. The molecule has 3 aliphatic rings. The molecule has 10 heteroatoms. The second-order valence-corrected chi connectivity index (χ2v) is 11.7. The van der Waals surface area contributed by atoms with E-state index in [-0.39, 0.29) is 41.1 Å². The zero-order valence-electron chi connectivity index (χ0n) is 22.1. The molecule has 2 aromatic carbocycles.